The molecule has 3 rings (SSSR count). The molecule has 0 spiro atoms. The van der Waals surface area contributed by atoms with Crippen molar-refractivity contribution in [3.05, 3.63) is 36.2 Å². The van der Waals surface area contributed by atoms with Crippen LogP contribution in [-0.4, -0.2) is 38.2 Å². The second-order valence-corrected chi connectivity index (χ2v) is 5.65. The van der Waals surface area contributed by atoms with Crippen LogP contribution >= 0.6 is 12.4 Å². The molecule has 1 unspecified atom stereocenters. The van der Waals surface area contributed by atoms with Crippen LogP contribution in [0, 0.1) is 5.92 Å². The van der Waals surface area contributed by atoms with Crippen molar-refractivity contribution in [3.8, 4) is 5.69 Å². The molecule has 1 heterocycles. The SMILES string of the molecule is CC(CN)(NC(=O)c1cccc(-n2cnnn2)c1)C1CC1.Cl. The molecular formula is C14H19ClN6O. The number of aromatic nitrogens is 4. The van der Waals surface area contributed by atoms with Gasteiger partial charge in [-0.05, 0) is 54.3 Å². The van der Waals surface area contributed by atoms with Crippen molar-refractivity contribution < 1.29 is 4.79 Å². The number of halogens is 1. The monoisotopic (exact) mass is 322 g/mol. The van der Waals surface area contributed by atoms with Crippen LogP contribution in [0.15, 0.2) is 30.6 Å². The van der Waals surface area contributed by atoms with Gasteiger partial charge in [0, 0.05) is 12.1 Å². The Bertz CT molecular complexity index is 643. The minimum atomic E-state index is -0.331. The standard InChI is InChI=1S/C14H18N6O.ClH/c1-14(8-15,11-5-6-11)17-13(21)10-3-2-4-12(7-10)20-9-16-18-19-20;/h2-4,7,9,11H,5-6,8,15H2,1H3,(H,17,21);1H. The lowest BCUT2D eigenvalue weighted by atomic mass is 9.95. The Morgan fingerprint density at radius 3 is 2.86 bits per heavy atom. The molecular weight excluding hydrogens is 304 g/mol. The number of carbonyl (C=O) groups excluding carboxylic acids is 1. The number of amides is 1. The summed E-state index contributed by atoms with van der Waals surface area (Å²) < 4.78 is 1.51. The highest BCUT2D eigenvalue weighted by molar-refractivity contribution is 5.95. The van der Waals surface area contributed by atoms with Crippen LogP contribution in [-0.2, 0) is 0 Å². The van der Waals surface area contributed by atoms with Crippen molar-refractivity contribution in [3.63, 3.8) is 0 Å². The molecule has 1 saturated carbocycles. The van der Waals surface area contributed by atoms with Crippen LogP contribution in [0.3, 0.4) is 0 Å². The third-order valence-corrected chi connectivity index (χ3v) is 4.02. The molecule has 7 nitrogen and oxygen atoms in total. The van der Waals surface area contributed by atoms with Crippen LogP contribution in [0.1, 0.15) is 30.1 Å². The highest BCUT2D eigenvalue weighted by Crippen LogP contribution is 2.39. The van der Waals surface area contributed by atoms with E-state index in [0.29, 0.717) is 18.0 Å². The third kappa shape index (κ3) is 3.26. The maximum Gasteiger partial charge on any atom is 0.251 e. The first-order valence-electron chi connectivity index (χ1n) is 6.98. The number of benzene rings is 1. The van der Waals surface area contributed by atoms with Gasteiger partial charge in [0.05, 0.1) is 11.2 Å². The predicted molar refractivity (Wildman–Crippen MR) is 84.1 cm³/mol. The predicted octanol–water partition coefficient (Wildman–Crippen LogP) is 0.941. The van der Waals surface area contributed by atoms with Gasteiger partial charge in [-0.25, -0.2) is 4.68 Å². The van der Waals surface area contributed by atoms with Gasteiger partial charge in [-0.2, -0.15) is 0 Å². The van der Waals surface area contributed by atoms with Crippen LogP contribution in [0.4, 0.5) is 0 Å². The lowest BCUT2D eigenvalue weighted by Gasteiger charge is -2.29. The fourth-order valence-electron chi connectivity index (χ4n) is 2.44. The Hall–Kier alpha value is -1.99. The molecule has 118 valence electrons. The van der Waals surface area contributed by atoms with Crippen molar-refractivity contribution >= 4 is 18.3 Å². The molecule has 0 saturated heterocycles. The van der Waals surface area contributed by atoms with Gasteiger partial charge in [-0.3, -0.25) is 4.79 Å². The minimum absolute atomic E-state index is 0. The van der Waals surface area contributed by atoms with Crippen molar-refractivity contribution in [1.82, 2.24) is 25.5 Å². The van der Waals surface area contributed by atoms with E-state index in [1.807, 2.05) is 19.1 Å². The lowest BCUT2D eigenvalue weighted by molar-refractivity contribution is 0.0898. The summed E-state index contributed by atoms with van der Waals surface area (Å²) in [7, 11) is 0. The molecule has 1 atom stereocenters. The van der Waals surface area contributed by atoms with Gasteiger partial charge in [0.2, 0.25) is 0 Å². The van der Waals surface area contributed by atoms with Gasteiger partial charge < -0.3 is 11.1 Å². The first-order valence-corrected chi connectivity index (χ1v) is 6.98. The number of tetrazole rings is 1. The van der Waals surface area contributed by atoms with Crippen LogP contribution < -0.4 is 11.1 Å². The number of nitrogens with one attached hydrogen (secondary N) is 1. The molecule has 0 bridgehead atoms. The molecule has 0 radical (unpaired) electrons. The quantitative estimate of drug-likeness (QED) is 0.853. The number of carbonyl (C=O) groups is 1. The molecule has 8 heteroatoms. The summed E-state index contributed by atoms with van der Waals surface area (Å²) in [6, 6.07) is 7.18. The third-order valence-electron chi connectivity index (χ3n) is 4.02. The number of hydrogen-bond donors (Lipinski definition) is 2. The van der Waals surface area contributed by atoms with Gasteiger partial charge in [-0.15, -0.1) is 17.5 Å². The van der Waals surface area contributed by atoms with Gasteiger partial charge in [0.1, 0.15) is 6.33 Å². The number of hydrogen-bond acceptors (Lipinski definition) is 5. The van der Waals surface area contributed by atoms with Gasteiger partial charge >= 0.3 is 0 Å². The summed E-state index contributed by atoms with van der Waals surface area (Å²) in [5.41, 5.74) is 6.82. The Kier molecular flexibility index (Phi) is 4.77. The highest BCUT2D eigenvalue weighted by Gasteiger charge is 2.41. The Morgan fingerprint density at radius 1 is 1.50 bits per heavy atom. The zero-order valence-electron chi connectivity index (χ0n) is 12.3. The summed E-state index contributed by atoms with van der Waals surface area (Å²) >= 11 is 0. The lowest BCUT2D eigenvalue weighted by Crippen LogP contribution is -2.53. The van der Waals surface area contributed by atoms with E-state index in [9.17, 15) is 4.79 Å². The molecule has 1 aromatic heterocycles. The van der Waals surface area contributed by atoms with Crippen molar-refractivity contribution in [2.75, 3.05) is 6.54 Å². The van der Waals surface area contributed by atoms with Crippen LogP contribution in [0.5, 0.6) is 0 Å². The molecule has 0 aliphatic heterocycles. The first-order chi connectivity index (χ1) is 10.1. The molecule has 1 aromatic carbocycles. The Labute approximate surface area is 134 Å². The maximum atomic E-state index is 12.4. The summed E-state index contributed by atoms with van der Waals surface area (Å²) in [6.07, 6.45) is 3.74. The maximum absolute atomic E-state index is 12.4. The van der Waals surface area contributed by atoms with E-state index >= 15 is 0 Å². The smallest absolute Gasteiger partial charge is 0.251 e. The Balaban J connectivity index is 0.00000176. The highest BCUT2D eigenvalue weighted by atomic mass is 35.5. The van der Waals surface area contributed by atoms with Crippen LogP contribution in [0.2, 0.25) is 0 Å². The average Bonchev–Trinajstić information content (AvgIpc) is 3.23. The van der Waals surface area contributed by atoms with E-state index in [4.69, 9.17) is 5.73 Å². The fraction of sp³-hybridized carbons (Fsp3) is 0.429. The zero-order valence-corrected chi connectivity index (χ0v) is 13.1. The zero-order chi connectivity index (χ0) is 14.9. The topological polar surface area (TPSA) is 98.7 Å². The van der Waals surface area contributed by atoms with Gasteiger partial charge in [0.25, 0.3) is 5.91 Å². The minimum Gasteiger partial charge on any atom is -0.345 e. The van der Waals surface area contributed by atoms with Crippen molar-refractivity contribution in [1.29, 1.82) is 0 Å². The largest absolute Gasteiger partial charge is 0.345 e. The van der Waals surface area contributed by atoms with Gasteiger partial charge in [-0.1, -0.05) is 6.07 Å². The Morgan fingerprint density at radius 2 is 2.27 bits per heavy atom. The number of nitrogens with two attached hydrogens (primary N) is 1. The van der Waals surface area contributed by atoms with E-state index in [-0.39, 0.29) is 23.9 Å². The molecule has 1 fully saturated rings. The summed E-state index contributed by atoms with van der Waals surface area (Å²) in [5, 5.41) is 14.1. The summed E-state index contributed by atoms with van der Waals surface area (Å²) in [4.78, 5) is 12.4. The van der Waals surface area contributed by atoms with E-state index in [2.05, 4.69) is 20.8 Å². The second-order valence-electron chi connectivity index (χ2n) is 5.65. The fourth-order valence-corrected chi connectivity index (χ4v) is 2.44. The van der Waals surface area contributed by atoms with E-state index < -0.39 is 0 Å². The number of rotatable bonds is 5. The normalized spacial score (nSPS) is 16.5. The molecule has 1 aliphatic carbocycles. The molecule has 22 heavy (non-hydrogen) atoms. The van der Waals surface area contributed by atoms with E-state index in [0.717, 1.165) is 18.5 Å². The van der Waals surface area contributed by atoms with Crippen molar-refractivity contribution in [2.45, 2.75) is 25.3 Å². The van der Waals surface area contributed by atoms with Crippen molar-refractivity contribution in [2.24, 2.45) is 11.7 Å². The van der Waals surface area contributed by atoms with E-state index in [1.165, 1.54) is 11.0 Å². The number of nitrogens with zero attached hydrogens (tertiary/aromatic N) is 4. The van der Waals surface area contributed by atoms with Gasteiger partial charge in [0.15, 0.2) is 0 Å². The molecule has 1 aliphatic rings. The molecule has 3 N–H and O–H groups in total. The first kappa shape index (κ1) is 16.4. The summed E-state index contributed by atoms with van der Waals surface area (Å²) in [5.74, 6) is 0.360. The van der Waals surface area contributed by atoms with Crippen LogP contribution in [0.25, 0.3) is 5.69 Å². The second kappa shape index (κ2) is 6.41. The summed E-state index contributed by atoms with van der Waals surface area (Å²) in [6.45, 7) is 2.45. The average molecular weight is 323 g/mol. The van der Waals surface area contributed by atoms with E-state index in [1.54, 1.807) is 12.1 Å². The molecule has 2 aromatic rings. The molecule has 1 amide bonds.